The van der Waals surface area contributed by atoms with E-state index in [4.69, 9.17) is 0 Å². The van der Waals surface area contributed by atoms with Crippen molar-refractivity contribution in [3.05, 3.63) is 68.7 Å². The van der Waals surface area contributed by atoms with Crippen molar-refractivity contribution in [2.75, 3.05) is 18.9 Å². The predicted octanol–water partition coefficient (Wildman–Crippen LogP) is 0.784. The van der Waals surface area contributed by atoms with Crippen LogP contribution in [0.25, 0.3) is 11.0 Å². The molecule has 2 aromatic carbocycles. The Hall–Kier alpha value is -3.24. The van der Waals surface area contributed by atoms with Crippen molar-refractivity contribution in [2.45, 2.75) is 11.8 Å². The Bertz CT molecular complexity index is 1260. The van der Waals surface area contributed by atoms with Gasteiger partial charge < -0.3 is 15.3 Å². The molecule has 146 valence electrons. The number of benzene rings is 2. The van der Waals surface area contributed by atoms with Crippen molar-refractivity contribution in [1.29, 1.82) is 0 Å². The number of anilines is 1. The van der Waals surface area contributed by atoms with Crippen LogP contribution >= 0.6 is 0 Å². The molecule has 0 spiro atoms. The molecule has 1 aromatic heterocycles. The fraction of sp³-hybridized carbons (Fsp3) is 0.167. The Morgan fingerprint density at radius 1 is 1.00 bits per heavy atom. The van der Waals surface area contributed by atoms with E-state index < -0.39 is 33.6 Å². The zero-order valence-corrected chi connectivity index (χ0v) is 16.0. The normalized spacial score (nSPS) is 11.7. The van der Waals surface area contributed by atoms with Crippen molar-refractivity contribution in [1.82, 2.24) is 14.3 Å². The van der Waals surface area contributed by atoms with Crippen LogP contribution in [0.1, 0.15) is 5.56 Å². The third kappa shape index (κ3) is 4.02. The Morgan fingerprint density at radius 2 is 1.61 bits per heavy atom. The van der Waals surface area contributed by atoms with Crippen LogP contribution in [-0.4, -0.2) is 42.2 Å². The lowest BCUT2D eigenvalue weighted by Crippen LogP contribution is -2.35. The molecule has 0 bridgehead atoms. The molecule has 0 fully saturated rings. The molecule has 0 aliphatic heterocycles. The van der Waals surface area contributed by atoms with E-state index in [-0.39, 0.29) is 10.4 Å². The van der Waals surface area contributed by atoms with E-state index in [1.165, 1.54) is 25.2 Å². The summed E-state index contributed by atoms with van der Waals surface area (Å²) in [4.78, 5) is 39.5. The number of fused-ring (bicyclic) bond motifs is 1. The number of sulfonamides is 1. The molecule has 3 aromatic rings. The number of rotatable bonds is 5. The van der Waals surface area contributed by atoms with Crippen molar-refractivity contribution < 1.29 is 13.2 Å². The molecule has 1 amide bonds. The lowest BCUT2D eigenvalue weighted by molar-refractivity contribution is -0.116. The van der Waals surface area contributed by atoms with E-state index in [1.54, 1.807) is 12.1 Å². The van der Waals surface area contributed by atoms with Gasteiger partial charge in [-0.3, -0.25) is 14.4 Å². The average Bonchev–Trinajstić information content (AvgIpc) is 2.64. The third-order valence-electron chi connectivity index (χ3n) is 4.10. The fourth-order valence-corrected chi connectivity index (χ4v) is 3.71. The highest BCUT2D eigenvalue weighted by molar-refractivity contribution is 7.89. The van der Waals surface area contributed by atoms with Crippen LogP contribution in [0.2, 0.25) is 0 Å². The first-order valence-electron chi connectivity index (χ1n) is 8.26. The number of hydrogen-bond donors (Lipinski definition) is 3. The lowest BCUT2D eigenvalue weighted by atomic mass is 10.2. The number of nitrogens with zero attached hydrogens (tertiary/aromatic N) is 1. The molecule has 0 radical (unpaired) electrons. The van der Waals surface area contributed by atoms with Gasteiger partial charge in [0.25, 0.3) is 0 Å². The van der Waals surface area contributed by atoms with E-state index >= 15 is 0 Å². The molecular weight excluding hydrogens is 384 g/mol. The van der Waals surface area contributed by atoms with Crippen LogP contribution in [0, 0.1) is 6.92 Å². The molecule has 28 heavy (non-hydrogen) atoms. The van der Waals surface area contributed by atoms with Gasteiger partial charge in [-0.25, -0.2) is 8.42 Å². The molecule has 0 atom stereocenters. The second-order valence-corrected chi connectivity index (χ2v) is 8.34. The number of likely N-dealkylation sites (N-methyl/N-ethyl adjacent to an activating group) is 1. The van der Waals surface area contributed by atoms with Crippen LogP contribution in [-0.2, 0) is 14.8 Å². The van der Waals surface area contributed by atoms with Crippen LogP contribution in [0.5, 0.6) is 0 Å². The molecular formula is C18H18N4O5S. The first kappa shape index (κ1) is 19.5. The molecule has 9 nitrogen and oxygen atoms in total. The van der Waals surface area contributed by atoms with Crippen LogP contribution in [0.4, 0.5) is 5.69 Å². The summed E-state index contributed by atoms with van der Waals surface area (Å²) >= 11 is 0. The van der Waals surface area contributed by atoms with E-state index in [9.17, 15) is 22.8 Å². The number of nitrogens with one attached hydrogen (secondary N) is 3. The SMILES string of the molecule is Cc1ccc(NC(=O)CN(C)S(=O)(=O)c2ccc3[nH]c(=O)c(=O)[nH]c3c2)cc1. The summed E-state index contributed by atoms with van der Waals surface area (Å²) in [6.45, 7) is 1.52. The van der Waals surface area contributed by atoms with Gasteiger partial charge in [-0.15, -0.1) is 0 Å². The van der Waals surface area contributed by atoms with E-state index in [2.05, 4.69) is 15.3 Å². The topological polar surface area (TPSA) is 132 Å². The predicted molar refractivity (Wildman–Crippen MR) is 105 cm³/mol. The minimum atomic E-state index is -3.99. The van der Waals surface area contributed by atoms with Gasteiger partial charge in [0.2, 0.25) is 15.9 Å². The van der Waals surface area contributed by atoms with Gasteiger partial charge >= 0.3 is 11.1 Å². The summed E-state index contributed by atoms with van der Waals surface area (Å²) in [5.41, 5.74) is 0.356. The monoisotopic (exact) mass is 402 g/mol. The molecule has 10 heteroatoms. The highest BCUT2D eigenvalue weighted by atomic mass is 32.2. The van der Waals surface area contributed by atoms with Gasteiger partial charge in [0.15, 0.2) is 0 Å². The summed E-state index contributed by atoms with van der Waals surface area (Å²) in [7, 11) is -2.71. The largest absolute Gasteiger partial charge is 0.325 e. The molecule has 3 rings (SSSR count). The number of aryl methyl sites for hydroxylation is 1. The molecule has 0 aliphatic rings. The van der Waals surface area contributed by atoms with E-state index in [0.29, 0.717) is 11.2 Å². The first-order chi connectivity index (χ1) is 13.2. The van der Waals surface area contributed by atoms with Gasteiger partial charge in [0.1, 0.15) is 0 Å². The van der Waals surface area contributed by atoms with Crippen molar-refractivity contribution in [3.8, 4) is 0 Å². The number of hydrogen-bond acceptors (Lipinski definition) is 5. The Labute approximate surface area is 160 Å². The first-order valence-corrected chi connectivity index (χ1v) is 9.70. The van der Waals surface area contributed by atoms with Gasteiger partial charge in [-0.2, -0.15) is 4.31 Å². The van der Waals surface area contributed by atoms with Gasteiger partial charge in [-0.05, 0) is 37.3 Å². The Kier molecular flexibility index (Phi) is 5.16. The summed E-state index contributed by atoms with van der Waals surface area (Å²) in [5, 5.41) is 2.63. The van der Waals surface area contributed by atoms with E-state index in [0.717, 1.165) is 9.87 Å². The smallest absolute Gasteiger partial charge is 0.314 e. The van der Waals surface area contributed by atoms with Crippen LogP contribution in [0.3, 0.4) is 0 Å². The Balaban J connectivity index is 1.81. The number of carbonyl (C=O) groups is 1. The van der Waals surface area contributed by atoms with Crippen LogP contribution < -0.4 is 16.4 Å². The molecule has 0 aliphatic carbocycles. The zero-order valence-electron chi connectivity index (χ0n) is 15.1. The molecule has 1 heterocycles. The van der Waals surface area contributed by atoms with Gasteiger partial charge in [0, 0.05) is 12.7 Å². The molecule has 3 N–H and O–H groups in total. The van der Waals surface area contributed by atoms with Gasteiger partial charge in [-0.1, -0.05) is 17.7 Å². The lowest BCUT2D eigenvalue weighted by Gasteiger charge is -2.17. The zero-order chi connectivity index (χ0) is 20.5. The van der Waals surface area contributed by atoms with Gasteiger partial charge in [0.05, 0.1) is 22.5 Å². The number of aromatic nitrogens is 2. The maximum absolute atomic E-state index is 12.7. The standard InChI is InChI=1S/C18H18N4O5S/c1-11-3-5-12(6-4-11)19-16(23)10-22(2)28(26,27)13-7-8-14-15(9-13)21-18(25)17(24)20-14/h3-9H,10H2,1-2H3,(H,19,23)(H,20,24)(H,21,25). The number of H-pyrrole nitrogens is 2. The fourth-order valence-electron chi connectivity index (χ4n) is 2.56. The summed E-state index contributed by atoms with van der Waals surface area (Å²) in [5.74, 6) is -0.492. The summed E-state index contributed by atoms with van der Waals surface area (Å²) in [6.07, 6.45) is 0. The maximum Gasteiger partial charge on any atom is 0.314 e. The molecule has 0 saturated carbocycles. The van der Waals surface area contributed by atoms with Crippen molar-refractivity contribution in [3.63, 3.8) is 0 Å². The minimum Gasteiger partial charge on any atom is -0.325 e. The highest BCUT2D eigenvalue weighted by Crippen LogP contribution is 2.18. The Morgan fingerprint density at radius 3 is 2.25 bits per heavy atom. The molecule has 0 unspecified atom stereocenters. The molecule has 0 saturated heterocycles. The van der Waals surface area contributed by atoms with Crippen molar-refractivity contribution in [2.24, 2.45) is 0 Å². The average molecular weight is 402 g/mol. The quantitative estimate of drug-likeness (QED) is 0.543. The summed E-state index contributed by atoms with van der Waals surface area (Å²) < 4.78 is 26.4. The highest BCUT2D eigenvalue weighted by Gasteiger charge is 2.23. The van der Waals surface area contributed by atoms with Crippen molar-refractivity contribution >= 4 is 32.7 Å². The maximum atomic E-state index is 12.7. The minimum absolute atomic E-state index is 0.117. The summed E-state index contributed by atoms with van der Waals surface area (Å²) in [6, 6.07) is 11.0. The van der Waals surface area contributed by atoms with Crippen LogP contribution in [0.15, 0.2) is 56.9 Å². The second kappa shape index (κ2) is 7.41. The van der Waals surface area contributed by atoms with E-state index in [1.807, 2.05) is 19.1 Å². The number of carbonyl (C=O) groups excluding carboxylic acids is 1. The second-order valence-electron chi connectivity index (χ2n) is 6.29. The third-order valence-corrected chi connectivity index (χ3v) is 5.90. The number of amides is 1. The number of aromatic amines is 2.